The van der Waals surface area contributed by atoms with Crippen molar-refractivity contribution in [1.29, 1.82) is 0 Å². The van der Waals surface area contributed by atoms with Crippen molar-refractivity contribution in [3.63, 3.8) is 0 Å². The molecule has 1 aliphatic heterocycles. The van der Waals surface area contributed by atoms with Crippen molar-refractivity contribution in [2.75, 3.05) is 23.3 Å². The molecule has 32 heavy (non-hydrogen) atoms. The quantitative estimate of drug-likeness (QED) is 0.550. The van der Waals surface area contributed by atoms with E-state index < -0.39 is 12.1 Å². The van der Waals surface area contributed by atoms with Crippen molar-refractivity contribution in [3.05, 3.63) is 47.7 Å². The van der Waals surface area contributed by atoms with Gasteiger partial charge >= 0.3 is 6.03 Å². The van der Waals surface area contributed by atoms with E-state index in [2.05, 4.69) is 20.6 Å². The third-order valence-electron chi connectivity index (χ3n) is 5.81. The zero-order valence-electron chi connectivity index (χ0n) is 18.4. The molecular formula is C23H28FN5O3. The van der Waals surface area contributed by atoms with Gasteiger partial charge < -0.3 is 25.1 Å². The van der Waals surface area contributed by atoms with Gasteiger partial charge in [0.15, 0.2) is 0 Å². The molecule has 2 aromatic heterocycles. The van der Waals surface area contributed by atoms with Crippen LogP contribution in [0.2, 0.25) is 0 Å². The number of hydrogen-bond acceptors (Lipinski definition) is 6. The molecule has 1 aromatic carbocycles. The molecule has 0 radical (unpaired) electrons. The number of nitrogens with one attached hydrogen (secondary N) is 2. The maximum absolute atomic E-state index is 13.7. The molecule has 0 saturated carbocycles. The highest BCUT2D eigenvalue weighted by atomic mass is 19.1. The number of halogens is 1. The maximum Gasteiger partial charge on any atom is 0.319 e. The lowest BCUT2D eigenvalue weighted by atomic mass is 9.98. The van der Waals surface area contributed by atoms with Crippen molar-refractivity contribution >= 4 is 28.6 Å². The highest BCUT2D eigenvalue weighted by molar-refractivity contribution is 5.89. The third-order valence-corrected chi connectivity index (χ3v) is 5.81. The number of furan rings is 1. The number of nitrogens with zero attached hydrogens (tertiary/aromatic N) is 3. The normalized spacial score (nSPS) is 15.9. The van der Waals surface area contributed by atoms with Gasteiger partial charge in [-0.15, -0.1) is 0 Å². The molecule has 0 unspecified atom stereocenters. The highest BCUT2D eigenvalue weighted by Crippen LogP contribution is 2.33. The molecule has 1 saturated heterocycles. The van der Waals surface area contributed by atoms with E-state index in [-0.39, 0.29) is 17.8 Å². The first kappa shape index (κ1) is 22.0. The van der Waals surface area contributed by atoms with E-state index in [4.69, 9.17) is 4.42 Å². The number of urea groups is 1. The van der Waals surface area contributed by atoms with Crippen LogP contribution in [-0.2, 0) is 0 Å². The predicted octanol–water partition coefficient (Wildman–Crippen LogP) is 4.15. The van der Waals surface area contributed by atoms with Crippen LogP contribution < -0.4 is 15.5 Å². The van der Waals surface area contributed by atoms with Crippen LogP contribution in [-0.4, -0.2) is 40.3 Å². The average molecular weight is 442 g/mol. The van der Waals surface area contributed by atoms with Crippen LogP contribution in [0.5, 0.6) is 0 Å². The largest absolute Gasteiger partial charge is 0.459 e. The minimum absolute atomic E-state index is 0.0398. The molecule has 8 nitrogen and oxygen atoms in total. The number of rotatable bonds is 5. The number of aliphatic hydroxyl groups is 1. The minimum Gasteiger partial charge on any atom is -0.459 e. The molecule has 170 valence electrons. The van der Waals surface area contributed by atoms with Gasteiger partial charge in [-0.2, -0.15) is 0 Å². The Morgan fingerprint density at radius 2 is 1.94 bits per heavy atom. The number of carbonyl (C=O) groups is 1. The lowest BCUT2D eigenvalue weighted by molar-refractivity contribution is 0.145. The summed E-state index contributed by atoms with van der Waals surface area (Å²) in [5, 5.41) is 16.0. The number of aliphatic hydroxyl groups excluding tert-OH is 1. The van der Waals surface area contributed by atoms with Gasteiger partial charge in [0, 0.05) is 24.0 Å². The lowest BCUT2D eigenvalue weighted by Gasteiger charge is -2.29. The molecule has 3 heterocycles. The van der Waals surface area contributed by atoms with E-state index in [9.17, 15) is 14.3 Å². The summed E-state index contributed by atoms with van der Waals surface area (Å²) in [5.74, 6) is 0.893. The second-order valence-corrected chi connectivity index (χ2v) is 8.54. The molecule has 4 rings (SSSR count). The minimum atomic E-state index is -0.410. The second kappa shape index (κ2) is 9.12. The number of aromatic nitrogens is 2. The fourth-order valence-corrected chi connectivity index (χ4v) is 3.97. The van der Waals surface area contributed by atoms with Gasteiger partial charge in [-0.1, -0.05) is 13.8 Å². The van der Waals surface area contributed by atoms with Gasteiger partial charge in [0.05, 0.1) is 30.2 Å². The number of carbonyl (C=O) groups excluding carboxylic acids is 1. The van der Waals surface area contributed by atoms with Gasteiger partial charge in [-0.05, 0) is 43.9 Å². The van der Waals surface area contributed by atoms with Gasteiger partial charge in [-0.25, -0.2) is 19.2 Å². The molecule has 9 heteroatoms. The Labute approximate surface area is 185 Å². The van der Waals surface area contributed by atoms with Crippen LogP contribution >= 0.6 is 0 Å². The molecule has 2 amide bonds. The van der Waals surface area contributed by atoms with Crippen molar-refractivity contribution in [2.45, 2.75) is 45.8 Å². The Kier molecular flexibility index (Phi) is 6.27. The summed E-state index contributed by atoms with van der Waals surface area (Å²) >= 11 is 0. The van der Waals surface area contributed by atoms with E-state index in [0.29, 0.717) is 54.3 Å². The van der Waals surface area contributed by atoms with Gasteiger partial charge in [-0.3, -0.25) is 0 Å². The zero-order chi connectivity index (χ0) is 22.8. The number of hydrogen-bond donors (Lipinski definition) is 3. The molecule has 1 fully saturated rings. The Morgan fingerprint density at radius 3 is 2.59 bits per heavy atom. The van der Waals surface area contributed by atoms with E-state index in [1.807, 2.05) is 25.7 Å². The van der Waals surface area contributed by atoms with Crippen molar-refractivity contribution in [1.82, 2.24) is 15.3 Å². The molecule has 3 aromatic rings. The van der Waals surface area contributed by atoms with Crippen LogP contribution in [0.3, 0.4) is 0 Å². The lowest BCUT2D eigenvalue weighted by Crippen LogP contribution is -2.37. The molecule has 0 aliphatic carbocycles. The molecule has 1 atom stereocenters. The monoisotopic (exact) mass is 441 g/mol. The summed E-state index contributed by atoms with van der Waals surface area (Å²) in [6, 6.07) is 3.59. The highest BCUT2D eigenvalue weighted by Gasteiger charge is 2.26. The number of anilines is 2. The Morgan fingerprint density at radius 1 is 1.25 bits per heavy atom. The van der Waals surface area contributed by atoms with Crippen molar-refractivity contribution in [2.24, 2.45) is 5.92 Å². The molecule has 0 spiro atoms. The van der Waals surface area contributed by atoms with Crippen LogP contribution in [0, 0.1) is 18.7 Å². The van der Waals surface area contributed by atoms with Gasteiger partial charge in [0.2, 0.25) is 5.95 Å². The average Bonchev–Trinajstić information content (AvgIpc) is 3.08. The SMILES string of the molecule is Cc1c([C@@H](NC(=O)Nc2cnc(N3CCC(O)CC3)nc2)C(C)C)oc2ccc(F)cc12. The summed E-state index contributed by atoms with van der Waals surface area (Å²) < 4.78 is 19.6. The first-order chi connectivity index (χ1) is 15.3. The Bertz CT molecular complexity index is 1090. The van der Waals surface area contributed by atoms with Crippen LogP contribution in [0.4, 0.5) is 20.8 Å². The summed E-state index contributed by atoms with van der Waals surface area (Å²) in [6.45, 7) is 7.22. The number of piperidine rings is 1. The van der Waals surface area contributed by atoms with E-state index in [0.717, 1.165) is 5.56 Å². The van der Waals surface area contributed by atoms with E-state index >= 15 is 0 Å². The van der Waals surface area contributed by atoms with Crippen molar-refractivity contribution < 1.29 is 18.7 Å². The molecular weight excluding hydrogens is 413 g/mol. The fourth-order valence-electron chi connectivity index (χ4n) is 3.97. The number of benzene rings is 1. The first-order valence-corrected chi connectivity index (χ1v) is 10.8. The van der Waals surface area contributed by atoms with Crippen LogP contribution in [0.25, 0.3) is 11.0 Å². The van der Waals surface area contributed by atoms with Crippen LogP contribution in [0.1, 0.15) is 44.1 Å². The number of amides is 2. The van der Waals surface area contributed by atoms with E-state index in [1.165, 1.54) is 12.1 Å². The van der Waals surface area contributed by atoms with Gasteiger partial charge in [0.1, 0.15) is 17.2 Å². The Hall–Kier alpha value is -3.20. The zero-order valence-corrected chi connectivity index (χ0v) is 18.4. The standard InChI is InChI=1S/C23H28FN5O3/c1-13(2)20(21-14(3)18-10-15(24)4-5-19(18)32-21)28-23(31)27-16-11-25-22(26-12-16)29-8-6-17(30)7-9-29/h4-5,10-13,17,20,30H,6-9H2,1-3H3,(H2,27,28,31)/t20-/m0/s1. The molecule has 1 aliphatic rings. The topological polar surface area (TPSA) is 104 Å². The summed E-state index contributed by atoms with van der Waals surface area (Å²) in [5.41, 5.74) is 1.85. The fraction of sp³-hybridized carbons (Fsp3) is 0.435. The summed E-state index contributed by atoms with van der Waals surface area (Å²) in [4.78, 5) is 23.4. The van der Waals surface area contributed by atoms with Crippen LogP contribution in [0.15, 0.2) is 35.0 Å². The number of aryl methyl sites for hydroxylation is 1. The summed E-state index contributed by atoms with van der Waals surface area (Å²) in [6.07, 6.45) is 4.24. The maximum atomic E-state index is 13.7. The third kappa shape index (κ3) is 4.67. The second-order valence-electron chi connectivity index (χ2n) is 8.54. The van der Waals surface area contributed by atoms with Crippen molar-refractivity contribution in [3.8, 4) is 0 Å². The Balaban J connectivity index is 1.44. The first-order valence-electron chi connectivity index (χ1n) is 10.8. The smallest absolute Gasteiger partial charge is 0.319 e. The number of fused-ring (bicyclic) bond motifs is 1. The summed E-state index contributed by atoms with van der Waals surface area (Å²) in [7, 11) is 0. The predicted molar refractivity (Wildman–Crippen MR) is 120 cm³/mol. The van der Waals surface area contributed by atoms with E-state index in [1.54, 1.807) is 18.5 Å². The molecule has 3 N–H and O–H groups in total. The molecule has 0 bridgehead atoms. The van der Waals surface area contributed by atoms with Gasteiger partial charge in [0.25, 0.3) is 0 Å².